The number of amides is 1. The number of benzene rings is 1. The molecule has 0 unspecified atom stereocenters. The van der Waals surface area contributed by atoms with Gasteiger partial charge in [-0.1, -0.05) is 0 Å². The van der Waals surface area contributed by atoms with Gasteiger partial charge in [0.2, 0.25) is 0 Å². The minimum atomic E-state index is -3.00. The molecule has 18 heavy (non-hydrogen) atoms. The minimum Gasteiger partial charge on any atom is -0.493 e. The zero-order valence-corrected chi connectivity index (χ0v) is 10.9. The molecule has 6 nitrogen and oxygen atoms in total. The van der Waals surface area contributed by atoms with Gasteiger partial charge < -0.3 is 16.2 Å². The van der Waals surface area contributed by atoms with Crippen LogP contribution in [0.5, 0.6) is 5.75 Å². The lowest BCUT2D eigenvalue weighted by atomic mass is 10.1. The number of sulfone groups is 1. The highest BCUT2D eigenvalue weighted by Crippen LogP contribution is 2.21. The number of hydrogen-bond donors (Lipinski definition) is 2. The smallest absolute Gasteiger partial charge is 0.252 e. The van der Waals surface area contributed by atoms with Gasteiger partial charge in [-0.05, 0) is 24.6 Å². The summed E-state index contributed by atoms with van der Waals surface area (Å²) in [4.78, 5) is 11.2. The predicted octanol–water partition coefficient (Wildman–Crippen LogP) is 0.181. The van der Waals surface area contributed by atoms with Gasteiger partial charge in [0.05, 0.1) is 17.9 Å². The third-order valence-electron chi connectivity index (χ3n) is 2.19. The van der Waals surface area contributed by atoms with Crippen molar-refractivity contribution < 1.29 is 17.9 Å². The monoisotopic (exact) mass is 272 g/mol. The molecule has 1 amide bonds. The van der Waals surface area contributed by atoms with Gasteiger partial charge >= 0.3 is 0 Å². The summed E-state index contributed by atoms with van der Waals surface area (Å²) in [7, 11) is -3.00. The summed E-state index contributed by atoms with van der Waals surface area (Å²) >= 11 is 0. The van der Waals surface area contributed by atoms with E-state index in [1.54, 1.807) is 6.07 Å². The summed E-state index contributed by atoms with van der Waals surface area (Å²) in [6, 6.07) is 4.54. The van der Waals surface area contributed by atoms with E-state index in [4.69, 9.17) is 16.2 Å². The Morgan fingerprint density at radius 1 is 1.39 bits per heavy atom. The minimum absolute atomic E-state index is 0.0356. The molecule has 0 saturated heterocycles. The molecule has 0 aliphatic heterocycles. The Kier molecular flexibility index (Phi) is 4.55. The zero-order valence-electron chi connectivity index (χ0n) is 10.0. The molecule has 0 spiro atoms. The van der Waals surface area contributed by atoms with Crippen LogP contribution in [0.2, 0.25) is 0 Å². The van der Waals surface area contributed by atoms with E-state index in [1.165, 1.54) is 12.1 Å². The topological polar surface area (TPSA) is 112 Å². The third-order valence-corrected chi connectivity index (χ3v) is 3.22. The largest absolute Gasteiger partial charge is 0.493 e. The molecule has 1 aromatic rings. The molecular formula is C11H16N2O4S. The highest BCUT2D eigenvalue weighted by Gasteiger charge is 2.10. The Hall–Kier alpha value is -1.76. The van der Waals surface area contributed by atoms with Crippen molar-refractivity contribution in [2.24, 2.45) is 5.73 Å². The van der Waals surface area contributed by atoms with Gasteiger partial charge in [-0.15, -0.1) is 0 Å². The molecule has 0 aliphatic carbocycles. The Bertz CT molecular complexity index is 540. The van der Waals surface area contributed by atoms with Gasteiger partial charge in [0.15, 0.2) is 0 Å². The molecule has 100 valence electrons. The van der Waals surface area contributed by atoms with E-state index in [0.29, 0.717) is 17.9 Å². The Labute approximate surface area is 106 Å². The van der Waals surface area contributed by atoms with Crippen LogP contribution in [0.4, 0.5) is 5.69 Å². The van der Waals surface area contributed by atoms with E-state index in [1.807, 2.05) is 0 Å². The summed E-state index contributed by atoms with van der Waals surface area (Å²) in [6.07, 6.45) is 1.51. The number of nitrogens with two attached hydrogens (primary N) is 2. The maximum atomic E-state index is 11.2. The molecule has 1 rings (SSSR count). The fourth-order valence-electron chi connectivity index (χ4n) is 1.37. The normalized spacial score (nSPS) is 11.2. The van der Waals surface area contributed by atoms with E-state index in [9.17, 15) is 13.2 Å². The Morgan fingerprint density at radius 2 is 2.06 bits per heavy atom. The number of hydrogen-bond acceptors (Lipinski definition) is 5. The standard InChI is InChI=1S/C11H16N2O4S/c1-18(15,16)6-2-5-17-10-4-3-8(12)7-9(10)11(13)14/h3-4,7H,2,5-6,12H2,1H3,(H2,13,14). The summed E-state index contributed by atoms with van der Waals surface area (Å²) in [5.41, 5.74) is 11.3. The Morgan fingerprint density at radius 3 is 2.61 bits per heavy atom. The van der Waals surface area contributed by atoms with Gasteiger partial charge in [0.25, 0.3) is 5.91 Å². The van der Waals surface area contributed by atoms with Crippen molar-refractivity contribution in [3.63, 3.8) is 0 Å². The summed E-state index contributed by atoms with van der Waals surface area (Å²) in [5, 5.41) is 0. The predicted molar refractivity (Wildman–Crippen MR) is 69.2 cm³/mol. The van der Waals surface area contributed by atoms with Gasteiger partial charge in [0, 0.05) is 11.9 Å². The van der Waals surface area contributed by atoms with Gasteiger partial charge in [-0.2, -0.15) is 0 Å². The molecule has 1 aromatic carbocycles. The summed E-state index contributed by atoms with van der Waals surface area (Å²) in [6.45, 7) is 0.192. The van der Waals surface area contributed by atoms with Crippen LogP contribution in [0.3, 0.4) is 0 Å². The van der Waals surface area contributed by atoms with E-state index in [2.05, 4.69) is 0 Å². The number of nitrogen functional groups attached to an aromatic ring is 1. The first kappa shape index (κ1) is 14.3. The second-order valence-electron chi connectivity index (χ2n) is 3.95. The number of ether oxygens (including phenoxy) is 1. The highest BCUT2D eigenvalue weighted by molar-refractivity contribution is 7.90. The summed E-state index contributed by atoms with van der Waals surface area (Å²) < 4.78 is 27.2. The van der Waals surface area contributed by atoms with Gasteiger partial charge in [0.1, 0.15) is 15.6 Å². The molecule has 0 atom stereocenters. The number of carbonyl (C=O) groups excluding carboxylic acids is 1. The summed E-state index contributed by atoms with van der Waals surface area (Å²) in [5.74, 6) is -0.293. The van der Waals surface area contributed by atoms with Crippen LogP contribution in [-0.2, 0) is 9.84 Å². The number of primary amides is 1. The first-order valence-electron chi connectivity index (χ1n) is 5.29. The second kappa shape index (κ2) is 5.72. The van der Waals surface area contributed by atoms with Crippen LogP contribution in [0, 0.1) is 0 Å². The van der Waals surface area contributed by atoms with E-state index in [-0.39, 0.29) is 17.9 Å². The maximum absolute atomic E-state index is 11.2. The lowest BCUT2D eigenvalue weighted by Gasteiger charge is -2.09. The molecule has 0 fully saturated rings. The maximum Gasteiger partial charge on any atom is 0.252 e. The fraction of sp³-hybridized carbons (Fsp3) is 0.364. The average Bonchev–Trinajstić information content (AvgIpc) is 2.24. The van der Waals surface area contributed by atoms with Crippen molar-refractivity contribution in [3.05, 3.63) is 23.8 Å². The Balaban J connectivity index is 2.65. The van der Waals surface area contributed by atoms with Crippen LogP contribution in [0.25, 0.3) is 0 Å². The van der Waals surface area contributed by atoms with Crippen molar-refractivity contribution in [1.82, 2.24) is 0 Å². The van der Waals surface area contributed by atoms with Crippen molar-refractivity contribution in [3.8, 4) is 5.75 Å². The molecule has 7 heteroatoms. The highest BCUT2D eigenvalue weighted by atomic mass is 32.2. The molecule has 0 bridgehead atoms. The van der Waals surface area contributed by atoms with E-state index in [0.717, 1.165) is 6.26 Å². The SMILES string of the molecule is CS(=O)(=O)CCCOc1ccc(N)cc1C(N)=O. The van der Waals surface area contributed by atoms with E-state index >= 15 is 0 Å². The number of carbonyl (C=O) groups is 1. The van der Waals surface area contributed by atoms with Crippen molar-refractivity contribution in [2.75, 3.05) is 24.3 Å². The molecule has 0 aliphatic rings. The van der Waals surface area contributed by atoms with Crippen LogP contribution in [0.1, 0.15) is 16.8 Å². The van der Waals surface area contributed by atoms with Gasteiger partial charge in [-0.25, -0.2) is 8.42 Å². The number of anilines is 1. The second-order valence-corrected chi connectivity index (χ2v) is 6.21. The van der Waals surface area contributed by atoms with Crippen LogP contribution >= 0.6 is 0 Å². The van der Waals surface area contributed by atoms with Gasteiger partial charge in [-0.3, -0.25) is 4.79 Å². The zero-order chi connectivity index (χ0) is 13.8. The van der Waals surface area contributed by atoms with Crippen LogP contribution in [0.15, 0.2) is 18.2 Å². The van der Waals surface area contributed by atoms with Crippen LogP contribution < -0.4 is 16.2 Å². The fourth-order valence-corrected chi connectivity index (χ4v) is 2.01. The number of rotatable bonds is 6. The molecule has 4 N–H and O–H groups in total. The molecular weight excluding hydrogens is 256 g/mol. The molecule has 0 radical (unpaired) electrons. The lowest BCUT2D eigenvalue weighted by molar-refractivity contribution is 0.0996. The molecule has 0 saturated carbocycles. The van der Waals surface area contributed by atoms with Crippen molar-refractivity contribution >= 4 is 21.4 Å². The van der Waals surface area contributed by atoms with Crippen molar-refractivity contribution in [2.45, 2.75) is 6.42 Å². The molecule has 0 heterocycles. The average molecular weight is 272 g/mol. The molecule has 0 aromatic heterocycles. The lowest BCUT2D eigenvalue weighted by Crippen LogP contribution is -2.14. The quantitative estimate of drug-likeness (QED) is 0.566. The third kappa shape index (κ3) is 4.62. The van der Waals surface area contributed by atoms with Crippen molar-refractivity contribution in [1.29, 1.82) is 0 Å². The van der Waals surface area contributed by atoms with E-state index < -0.39 is 15.7 Å². The van der Waals surface area contributed by atoms with Crippen LogP contribution in [-0.4, -0.2) is 32.9 Å². The first-order valence-corrected chi connectivity index (χ1v) is 7.35. The first-order chi connectivity index (χ1) is 8.29.